The van der Waals surface area contributed by atoms with Crippen LogP contribution in [0.4, 0.5) is 5.69 Å². The van der Waals surface area contributed by atoms with E-state index in [2.05, 4.69) is 61.4 Å². The number of aryl methyl sites for hydroxylation is 1. The van der Waals surface area contributed by atoms with Gasteiger partial charge in [-0.25, -0.2) is 0 Å². The van der Waals surface area contributed by atoms with Crippen molar-refractivity contribution in [3.8, 4) is 11.1 Å². The number of carbonyl (C=O) groups excluding carboxylic acids is 2. The molecule has 1 amide bonds. The monoisotopic (exact) mass is 500 g/mol. The van der Waals surface area contributed by atoms with E-state index in [1.807, 2.05) is 19.9 Å². The van der Waals surface area contributed by atoms with E-state index < -0.39 is 0 Å². The SMILES string of the molecule is CCCC1=C(CNC(=O)c2cc(-c3ccc(C)cc3)cc(N(C)C3CCOCC3)c2C)C(=O)C=C(C)C1. The zero-order valence-electron chi connectivity index (χ0n) is 22.9. The fourth-order valence-corrected chi connectivity index (χ4v) is 5.48. The van der Waals surface area contributed by atoms with E-state index in [0.717, 1.165) is 84.4 Å². The van der Waals surface area contributed by atoms with Gasteiger partial charge in [0, 0.05) is 49.7 Å². The largest absolute Gasteiger partial charge is 0.381 e. The highest BCUT2D eigenvalue weighted by atomic mass is 16.5. The Bertz CT molecular complexity index is 1220. The molecule has 0 atom stereocenters. The summed E-state index contributed by atoms with van der Waals surface area (Å²) in [5, 5.41) is 3.09. The zero-order chi connectivity index (χ0) is 26.5. The summed E-state index contributed by atoms with van der Waals surface area (Å²) in [7, 11) is 2.12. The smallest absolute Gasteiger partial charge is 0.251 e. The Kier molecular flexibility index (Phi) is 8.65. The number of ether oxygens (including phenoxy) is 1. The molecule has 5 nitrogen and oxygen atoms in total. The predicted octanol–water partition coefficient (Wildman–Crippen LogP) is 6.33. The molecule has 0 radical (unpaired) electrons. The van der Waals surface area contributed by atoms with Crippen LogP contribution < -0.4 is 10.2 Å². The minimum absolute atomic E-state index is 0.0255. The minimum Gasteiger partial charge on any atom is -0.381 e. The Morgan fingerprint density at radius 1 is 1.05 bits per heavy atom. The number of rotatable bonds is 8. The van der Waals surface area contributed by atoms with E-state index in [1.165, 1.54) is 5.56 Å². The highest BCUT2D eigenvalue weighted by molar-refractivity contribution is 6.07. The first-order valence-corrected chi connectivity index (χ1v) is 13.5. The number of allylic oxidation sites excluding steroid dienone is 3. The molecule has 0 unspecified atom stereocenters. The second kappa shape index (κ2) is 11.9. The quantitative estimate of drug-likeness (QED) is 0.460. The second-order valence-corrected chi connectivity index (χ2v) is 10.5. The molecule has 4 rings (SSSR count). The van der Waals surface area contributed by atoms with Crippen LogP contribution in [0.25, 0.3) is 11.1 Å². The summed E-state index contributed by atoms with van der Waals surface area (Å²) in [4.78, 5) is 28.7. The van der Waals surface area contributed by atoms with E-state index >= 15 is 0 Å². The average molecular weight is 501 g/mol. The first kappa shape index (κ1) is 26.9. The van der Waals surface area contributed by atoms with Gasteiger partial charge in [-0.05, 0) is 81.4 Å². The van der Waals surface area contributed by atoms with Crippen molar-refractivity contribution in [2.75, 3.05) is 31.7 Å². The number of nitrogens with one attached hydrogen (secondary N) is 1. The third-order valence-electron chi connectivity index (χ3n) is 7.70. The molecule has 37 heavy (non-hydrogen) atoms. The molecule has 1 saturated heterocycles. The number of hydrogen-bond acceptors (Lipinski definition) is 4. The van der Waals surface area contributed by atoms with Crippen molar-refractivity contribution in [3.05, 3.63) is 75.9 Å². The first-order valence-electron chi connectivity index (χ1n) is 13.5. The summed E-state index contributed by atoms with van der Waals surface area (Å²) < 4.78 is 5.59. The maximum absolute atomic E-state index is 13.6. The summed E-state index contributed by atoms with van der Waals surface area (Å²) in [6.45, 7) is 10.0. The van der Waals surface area contributed by atoms with Gasteiger partial charge in [0.05, 0.1) is 0 Å². The van der Waals surface area contributed by atoms with E-state index in [4.69, 9.17) is 4.74 Å². The third kappa shape index (κ3) is 6.22. The predicted molar refractivity (Wildman–Crippen MR) is 151 cm³/mol. The lowest BCUT2D eigenvalue weighted by Gasteiger charge is -2.34. The molecule has 0 saturated carbocycles. The Morgan fingerprint density at radius 3 is 2.43 bits per heavy atom. The standard InChI is InChI=1S/C32H40N2O3/c1-6-7-25-16-22(3)17-31(35)29(25)20-33-32(36)28-18-26(24-10-8-21(2)9-11-24)19-30(23(28)4)34(5)27-12-14-37-15-13-27/h8-11,17-19,27H,6-7,12-16,20H2,1-5H3,(H,33,36). The van der Waals surface area contributed by atoms with Crippen LogP contribution in [0.1, 0.15) is 67.4 Å². The lowest BCUT2D eigenvalue weighted by Crippen LogP contribution is -2.37. The lowest BCUT2D eigenvalue weighted by molar-refractivity contribution is -0.111. The van der Waals surface area contributed by atoms with Crippen LogP contribution in [-0.4, -0.2) is 44.5 Å². The van der Waals surface area contributed by atoms with Crippen LogP contribution in [0.15, 0.2) is 59.2 Å². The van der Waals surface area contributed by atoms with E-state index in [1.54, 1.807) is 6.08 Å². The van der Waals surface area contributed by atoms with Crippen LogP contribution in [0.5, 0.6) is 0 Å². The van der Waals surface area contributed by atoms with Gasteiger partial charge in [-0.1, -0.05) is 54.3 Å². The molecule has 2 aliphatic rings. The Labute approximate surface area is 221 Å². The van der Waals surface area contributed by atoms with Crippen molar-refractivity contribution in [3.63, 3.8) is 0 Å². The molecule has 5 heteroatoms. The van der Waals surface area contributed by atoms with Crippen molar-refractivity contribution in [1.82, 2.24) is 5.32 Å². The van der Waals surface area contributed by atoms with E-state index in [-0.39, 0.29) is 18.2 Å². The van der Waals surface area contributed by atoms with Gasteiger partial charge in [-0.3, -0.25) is 9.59 Å². The van der Waals surface area contributed by atoms with Gasteiger partial charge in [-0.15, -0.1) is 0 Å². The number of carbonyl (C=O) groups is 2. The van der Waals surface area contributed by atoms with Crippen molar-refractivity contribution >= 4 is 17.4 Å². The highest BCUT2D eigenvalue weighted by Crippen LogP contribution is 2.33. The van der Waals surface area contributed by atoms with Gasteiger partial charge in [0.1, 0.15) is 0 Å². The Balaban J connectivity index is 1.67. The number of anilines is 1. The molecule has 0 aromatic heterocycles. The summed E-state index contributed by atoms with van der Waals surface area (Å²) in [5.41, 5.74) is 8.95. The van der Waals surface area contributed by atoms with Crippen LogP contribution in [0.2, 0.25) is 0 Å². The summed E-state index contributed by atoms with van der Waals surface area (Å²) in [6, 6.07) is 13.0. The molecule has 1 N–H and O–H groups in total. The van der Waals surface area contributed by atoms with Gasteiger partial charge in [0.15, 0.2) is 5.78 Å². The summed E-state index contributed by atoms with van der Waals surface area (Å²) in [5.74, 6) is -0.118. The van der Waals surface area contributed by atoms with Crippen molar-refractivity contribution < 1.29 is 14.3 Å². The molecule has 1 fully saturated rings. The summed E-state index contributed by atoms with van der Waals surface area (Å²) in [6.07, 6.45) is 6.32. The number of benzene rings is 2. The van der Waals surface area contributed by atoms with Crippen molar-refractivity contribution in [2.24, 2.45) is 0 Å². The number of hydrogen-bond donors (Lipinski definition) is 1. The maximum atomic E-state index is 13.6. The lowest BCUT2D eigenvalue weighted by atomic mass is 9.88. The Morgan fingerprint density at radius 2 is 1.76 bits per heavy atom. The fourth-order valence-electron chi connectivity index (χ4n) is 5.48. The second-order valence-electron chi connectivity index (χ2n) is 10.5. The van der Waals surface area contributed by atoms with Gasteiger partial charge in [0.2, 0.25) is 0 Å². The number of ketones is 1. The first-order chi connectivity index (χ1) is 17.8. The van der Waals surface area contributed by atoms with E-state index in [0.29, 0.717) is 11.6 Å². The normalized spacial score (nSPS) is 16.6. The average Bonchev–Trinajstić information content (AvgIpc) is 2.89. The molecule has 1 aliphatic heterocycles. The molecule has 2 aromatic rings. The molecular weight excluding hydrogens is 460 g/mol. The van der Waals surface area contributed by atoms with E-state index in [9.17, 15) is 9.59 Å². The number of amides is 1. The topological polar surface area (TPSA) is 58.6 Å². The Hall–Kier alpha value is -3.18. The molecule has 0 bridgehead atoms. The van der Waals surface area contributed by atoms with Gasteiger partial charge >= 0.3 is 0 Å². The molecule has 196 valence electrons. The summed E-state index contributed by atoms with van der Waals surface area (Å²) >= 11 is 0. The van der Waals surface area contributed by atoms with Gasteiger partial charge in [-0.2, -0.15) is 0 Å². The van der Waals surface area contributed by atoms with Gasteiger partial charge in [0.25, 0.3) is 5.91 Å². The molecule has 0 spiro atoms. The molecule has 1 aliphatic carbocycles. The highest BCUT2D eigenvalue weighted by Gasteiger charge is 2.24. The minimum atomic E-state index is -0.143. The molecule has 1 heterocycles. The van der Waals surface area contributed by atoms with Crippen LogP contribution >= 0.6 is 0 Å². The number of nitrogens with zero attached hydrogens (tertiary/aromatic N) is 1. The van der Waals surface area contributed by atoms with Crippen molar-refractivity contribution in [1.29, 1.82) is 0 Å². The molecule has 2 aromatic carbocycles. The zero-order valence-corrected chi connectivity index (χ0v) is 22.9. The molecular formula is C32H40N2O3. The maximum Gasteiger partial charge on any atom is 0.251 e. The van der Waals surface area contributed by atoms with Crippen LogP contribution in [0, 0.1) is 13.8 Å². The fraction of sp³-hybridized carbons (Fsp3) is 0.438. The van der Waals surface area contributed by atoms with Crippen LogP contribution in [0.3, 0.4) is 0 Å². The van der Waals surface area contributed by atoms with Crippen molar-refractivity contribution in [2.45, 2.75) is 65.8 Å². The van der Waals surface area contributed by atoms with Crippen LogP contribution in [-0.2, 0) is 9.53 Å². The third-order valence-corrected chi connectivity index (χ3v) is 7.70. The van der Waals surface area contributed by atoms with Gasteiger partial charge < -0.3 is 15.0 Å².